The number of hydrogen-bond donors (Lipinski definition) is 0. The van der Waals surface area contributed by atoms with Gasteiger partial charge in [0.25, 0.3) is 0 Å². The first-order chi connectivity index (χ1) is 10.2. The molecule has 21 heavy (non-hydrogen) atoms. The molecular formula is C16H21NO4. The maximum atomic E-state index is 12.2. The molecule has 0 aromatic heterocycles. The van der Waals surface area contributed by atoms with Crippen LogP contribution in [0, 0.1) is 0 Å². The number of fused-ring (bicyclic) bond motifs is 2. The van der Waals surface area contributed by atoms with Crippen molar-refractivity contribution in [2.75, 3.05) is 19.8 Å². The molecule has 5 heteroatoms. The number of carbonyl (C=O) groups excluding carboxylic acids is 2. The molecule has 2 fully saturated rings. The lowest BCUT2D eigenvalue weighted by molar-refractivity contribution is -0.130. The first kappa shape index (κ1) is 14.6. The number of rotatable bonds is 5. The molecule has 1 aliphatic heterocycles. The smallest absolute Gasteiger partial charge is 0.166 e. The molecular weight excluding hydrogens is 270 g/mol. The van der Waals surface area contributed by atoms with Crippen molar-refractivity contribution < 1.29 is 19.1 Å². The van der Waals surface area contributed by atoms with E-state index in [1.54, 1.807) is 0 Å². The van der Waals surface area contributed by atoms with Crippen molar-refractivity contribution >= 4 is 17.3 Å². The Morgan fingerprint density at radius 3 is 2.95 bits per heavy atom. The molecule has 2 saturated carbocycles. The summed E-state index contributed by atoms with van der Waals surface area (Å²) in [7, 11) is 0. The Morgan fingerprint density at radius 2 is 2.14 bits per heavy atom. The van der Waals surface area contributed by atoms with E-state index in [9.17, 15) is 9.59 Å². The second kappa shape index (κ2) is 6.20. The molecule has 0 N–H and O–H groups in total. The number of hydrogen-bond acceptors (Lipinski definition) is 5. The molecule has 2 atom stereocenters. The molecule has 3 rings (SSSR count). The lowest BCUT2D eigenvalue weighted by Gasteiger charge is -2.24. The molecule has 0 bridgehead atoms. The van der Waals surface area contributed by atoms with E-state index in [2.05, 4.69) is 4.99 Å². The van der Waals surface area contributed by atoms with Gasteiger partial charge in [-0.25, -0.2) is 0 Å². The summed E-state index contributed by atoms with van der Waals surface area (Å²) in [6, 6.07) is 0.00576. The van der Waals surface area contributed by atoms with E-state index in [4.69, 9.17) is 9.47 Å². The molecule has 2 aliphatic carbocycles. The fourth-order valence-corrected chi connectivity index (χ4v) is 3.34. The third-order valence-corrected chi connectivity index (χ3v) is 4.34. The van der Waals surface area contributed by atoms with Gasteiger partial charge in [-0.05, 0) is 25.3 Å². The van der Waals surface area contributed by atoms with Crippen molar-refractivity contribution in [3.05, 3.63) is 11.1 Å². The zero-order chi connectivity index (χ0) is 14.8. The number of allylic oxidation sites excluding steroid dienone is 1. The Hall–Kier alpha value is -1.33. The van der Waals surface area contributed by atoms with Crippen molar-refractivity contribution in [3.8, 4) is 0 Å². The number of Topliss-reactive ketones (excluding diaryl/α,β-unsaturated/α-hetero) is 2. The van der Waals surface area contributed by atoms with Gasteiger partial charge >= 0.3 is 0 Å². The van der Waals surface area contributed by atoms with Crippen LogP contribution in [0.25, 0.3) is 0 Å². The first-order valence-corrected chi connectivity index (χ1v) is 7.76. The van der Waals surface area contributed by atoms with Crippen LogP contribution in [-0.4, -0.2) is 49.2 Å². The zero-order valence-corrected chi connectivity index (χ0v) is 12.4. The van der Waals surface area contributed by atoms with Gasteiger partial charge < -0.3 is 9.47 Å². The number of ketones is 2. The first-order valence-electron chi connectivity index (χ1n) is 7.76. The normalized spacial score (nSPS) is 28.5. The number of nitrogens with zero attached hydrogens (tertiary/aromatic N) is 1. The highest BCUT2D eigenvalue weighted by Crippen LogP contribution is 2.37. The molecule has 0 radical (unpaired) electrons. The van der Waals surface area contributed by atoms with E-state index in [1.807, 2.05) is 6.92 Å². The van der Waals surface area contributed by atoms with Crippen LogP contribution in [0.2, 0.25) is 0 Å². The Bertz CT molecular complexity index is 520. The van der Waals surface area contributed by atoms with Crippen LogP contribution in [-0.2, 0) is 19.1 Å². The summed E-state index contributed by atoms with van der Waals surface area (Å²) in [5, 5.41) is 0. The van der Waals surface area contributed by atoms with Gasteiger partial charge in [0, 0.05) is 37.2 Å². The predicted molar refractivity (Wildman–Crippen MR) is 77.6 cm³/mol. The van der Waals surface area contributed by atoms with Crippen LogP contribution in [0.4, 0.5) is 0 Å². The van der Waals surface area contributed by atoms with E-state index in [1.165, 1.54) is 0 Å². The van der Waals surface area contributed by atoms with Gasteiger partial charge in [-0.1, -0.05) is 0 Å². The Morgan fingerprint density at radius 1 is 1.29 bits per heavy atom. The molecule has 0 aromatic carbocycles. The summed E-state index contributed by atoms with van der Waals surface area (Å²) in [5.41, 5.74) is 2.64. The molecule has 1 heterocycles. The standard InChI is InChI=1S/C16H21NO4/c1-2-20-6-7-21-15-9-12-10(8-14(15)19)16-11(17-12)4-3-5-13(16)18/h11,15H,2-9H2,1H3. The van der Waals surface area contributed by atoms with Gasteiger partial charge in [0.05, 0.1) is 19.3 Å². The second-order valence-electron chi connectivity index (χ2n) is 5.70. The van der Waals surface area contributed by atoms with Crippen molar-refractivity contribution in [2.45, 2.75) is 51.2 Å². The van der Waals surface area contributed by atoms with Crippen LogP contribution in [0.1, 0.15) is 39.0 Å². The van der Waals surface area contributed by atoms with Gasteiger partial charge in [0.1, 0.15) is 6.10 Å². The SMILES string of the molecule is CCOCCOC1CC2=NC3CCCC(=O)C3=C2CC1=O. The second-order valence-corrected chi connectivity index (χ2v) is 5.70. The number of aliphatic imine (C=N–C) groups is 1. The molecule has 5 nitrogen and oxygen atoms in total. The number of ether oxygens (including phenoxy) is 2. The van der Waals surface area contributed by atoms with Crippen LogP contribution in [0.3, 0.4) is 0 Å². The fraction of sp³-hybridized carbons (Fsp3) is 0.688. The molecule has 114 valence electrons. The average Bonchev–Trinajstić information content (AvgIpc) is 2.82. The minimum absolute atomic E-state index is 0.00576. The summed E-state index contributed by atoms with van der Waals surface area (Å²) < 4.78 is 10.8. The summed E-state index contributed by atoms with van der Waals surface area (Å²) in [5.74, 6) is 0.246. The predicted octanol–water partition coefficient (Wildman–Crippen LogP) is 1.64. The lowest BCUT2D eigenvalue weighted by atomic mass is 9.82. The molecule has 0 spiro atoms. The van der Waals surface area contributed by atoms with Gasteiger partial charge in [0.2, 0.25) is 0 Å². The molecule has 0 saturated heterocycles. The van der Waals surface area contributed by atoms with Gasteiger partial charge in [0.15, 0.2) is 11.6 Å². The van der Waals surface area contributed by atoms with Crippen molar-refractivity contribution in [3.63, 3.8) is 0 Å². The van der Waals surface area contributed by atoms with Crippen LogP contribution in [0.15, 0.2) is 16.1 Å². The Kier molecular flexibility index (Phi) is 4.31. The maximum Gasteiger partial charge on any atom is 0.166 e. The van der Waals surface area contributed by atoms with Crippen molar-refractivity contribution in [2.24, 2.45) is 4.99 Å². The van der Waals surface area contributed by atoms with Gasteiger partial charge in [-0.15, -0.1) is 0 Å². The monoisotopic (exact) mass is 291 g/mol. The quantitative estimate of drug-likeness (QED) is 0.722. The Balaban J connectivity index is 1.69. The third-order valence-electron chi connectivity index (χ3n) is 4.34. The van der Waals surface area contributed by atoms with Gasteiger partial charge in [-0.2, -0.15) is 0 Å². The minimum Gasteiger partial charge on any atom is -0.379 e. The topological polar surface area (TPSA) is 65.0 Å². The Labute approximate surface area is 124 Å². The van der Waals surface area contributed by atoms with Crippen LogP contribution in [0.5, 0.6) is 0 Å². The molecule has 0 aromatic rings. The summed E-state index contributed by atoms with van der Waals surface area (Å²) in [6.45, 7) is 3.50. The summed E-state index contributed by atoms with van der Waals surface area (Å²) in [4.78, 5) is 29.0. The largest absolute Gasteiger partial charge is 0.379 e. The maximum absolute atomic E-state index is 12.2. The van der Waals surface area contributed by atoms with Crippen molar-refractivity contribution in [1.82, 2.24) is 0 Å². The van der Waals surface area contributed by atoms with Crippen molar-refractivity contribution in [1.29, 1.82) is 0 Å². The fourth-order valence-electron chi connectivity index (χ4n) is 3.34. The van der Waals surface area contributed by atoms with Crippen LogP contribution < -0.4 is 0 Å². The van der Waals surface area contributed by atoms with E-state index < -0.39 is 6.10 Å². The van der Waals surface area contributed by atoms with E-state index >= 15 is 0 Å². The molecule has 0 amide bonds. The summed E-state index contributed by atoms with van der Waals surface area (Å²) in [6.07, 6.45) is 2.81. The highest BCUT2D eigenvalue weighted by Gasteiger charge is 2.40. The number of carbonyl (C=O) groups is 2. The highest BCUT2D eigenvalue weighted by molar-refractivity contribution is 6.18. The highest BCUT2D eigenvalue weighted by atomic mass is 16.5. The van der Waals surface area contributed by atoms with Crippen LogP contribution >= 0.6 is 0 Å². The lowest BCUT2D eigenvalue weighted by Crippen LogP contribution is -2.34. The van der Waals surface area contributed by atoms with E-state index in [0.29, 0.717) is 39.1 Å². The van der Waals surface area contributed by atoms with E-state index in [-0.39, 0.29) is 17.6 Å². The average molecular weight is 291 g/mol. The third kappa shape index (κ3) is 2.85. The molecule has 2 unspecified atom stereocenters. The zero-order valence-electron chi connectivity index (χ0n) is 12.4. The van der Waals surface area contributed by atoms with E-state index in [0.717, 1.165) is 29.7 Å². The minimum atomic E-state index is -0.427. The molecule has 3 aliphatic rings. The summed E-state index contributed by atoms with van der Waals surface area (Å²) >= 11 is 0. The van der Waals surface area contributed by atoms with Gasteiger partial charge in [-0.3, -0.25) is 14.6 Å².